The molecular weight excluding hydrogens is 745 g/mol. The van der Waals surface area contributed by atoms with Crippen LogP contribution in [0.3, 0.4) is 0 Å². The molecule has 0 amide bonds. The Bertz CT molecular complexity index is 1750. The van der Waals surface area contributed by atoms with Crippen molar-refractivity contribution in [2.45, 2.75) is 102 Å². The van der Waals surface area contributed by atoms with Gasteiger partial charge in [-0.25, -0.2) is 0 Å². The standard InChI is InChI=1S/C49H72N2O8/c1-33(39-14-13-34(2)46(56)51-47(4,21-25-58-6)29-37-11-8-10-36(27-37)28-39)9-7-12-41(32-59-26-24-53)42-17-19-49(45(42)55)44-38(18-23-52)15-16-40(43(44)35(3)31-54)30-48(49,57)20-22-50-5/h7-13,15-16,27,31,38-40,42,44-46,50-53,55-57H,1,14,17-26,28-30,32H2,2-6H3. The summed E-state index contributed by atoms with van der Waals surface area (Å²) in [6.45, 7) is 11.8. The first-order chi connectivity index (χ1) is 28.3. The Morgan fingerprint density at radius 1 is 1.12 bits per heavy atom. The number of fused-ring (bicyclic) bond motifs is 5. The van der Waals surface area contributed by atoms with Crippen LogP contribution in [0, 0.1) is 35.0 Å². The number of carbonyl (C=O) groups excluding carboxylic acids is 1. The molecule has 1 aromatic rings. The van der Waals surface area contributed by atoms with Crippen molar-refractivity contribution in [1.82, 2.24) is 10.6 Å². The average molecular weight is 817 g/mol. The molecule has 5 rings (SSSR count). The number of rotatable bonds is 17. The number of aliphatic hydroxyl groups excluding tert-OH is 4. The molecule has 1 aromatic carbocycles. The molecule has 2 saturated carbocycles. The van der Waals surface area contributed by atoms with Crippen molar-refractivity contribution < 1.29 is 39.8 Å². The summed E-state index contributed by atoms with van der Waals surface area (Å²) < 4.78 is 11.4. The van der Waals surface area contributed by atoms with Crippen LogP contribution in [0.5, 0.6) is 0 Å². The SMILES string of the molecule is C=C(C=CC=C(COCCO)C1CCC2(C1O)C1C(=C(C)C=O)C(C=CC1CCO)CC2(O)CCNC)C1CC=C(C)C(O)NC(C)(CCOC)Cc2cccc(c2)C1. The third-order valence-electron chi connectivity index (χ3n) is 14.1. The maximum Gasteiger partial charge on any atom is 0.145 e. The number of hydrogen-bond donors (Lipinski definition) is 7. The molecule has 59 heavy (non-hydrogen) atoms. The molecule has 0 radical (unpaired) electrons. The third kappa shape index (κ3) is 10.5. The highest BCUT2D eigenvalue weighted by Gasteiger charge is 2.68. The summed E-state index contributed by atoms with van der Waals surface area (Å²) in [6, 6.07) is 8.65. The van der Waals surface area contributed by atoms with Crippen LogP contribution in [0.1, 0.15) is 76.8 Å². The molecule has 0 aromatic heterocycles. The van der Waals surface area contributed by atoms with Gasteiger partial charge in [0.05, 0.1) is 31.5 Å². The zero-order valence-corrected chi connectivity index (χ0v) is 36.2. The summed E-state index contributed by atoms with van der Waals surface area (Å²) >= 11 is 0. The summed E-state index contributed by atoms with van der Waals surface area (Å²) in [6.07, 6.45) is 16.8. The Morgan fingerprint density at radius 2 is 1.90 bits per heavy atom. The molecule has 1 aliphatic heterocycles. The van der Waals surface area contributed by atoms with Gasteiger partial charge in [-0.3, -0.25) is 10.1 Å². The molecule has 0 saturated heterocycles. The van der Waals surface area contributed by atoms with Gasteiger partial charge in [0.25, 0.3) is 0 Å². The van der Waals surface area contributed by atoms with Crippen LogP contribution in [-0.2, 0) is 27.1 Å². The van der Waals surface area contributed by atoms with Crippen molar-refractivity contribution in [2.75, 3.05) is 53.7 Å². The topological polar surface area (TPSA) is 161 Å². The van der Waals surface area contributed by atoms with Gasteiger partial charge in [0, 0.05) is 43.1 Å². The second-order valence-electron chi connectivity index (χ2n) is 18.0. The maximum atomic E-state index is 12.9. The predicted molar refractivity (Wildman–Crippen MR) is 233 cm³/mol. The van der Waals surface area contributed by atoms with E-state index in [4.69, 9.17) is 9.47 Å². The zero-order chi connectivity index (χ0) is 42.8. The highest BCUT2D eigenvalue weighted by Crippen LogP contribution is 2.67. The fraction of sp³-hybridized carbons (Fsp3) is 0.612. The Hall–Kier alpha value is -3.03. The van der Waals surface area contributed by atoms with Gasteiger partial charge in [-0.1, -0.05) is 78.4 Å². The van der Waals surface area contributed by atoms with E-state index in [9.17, 15) is 30.3 Å². The normalized spacial score (nSPS) is 34.7. The van der Waals surface area contributed by atoms with Crippen molar-refractivity contribution >= 4 is 6.29 Å². The summed E-state index contributed by atoms with van der Waals surface area (Å²) in [5.41, 5.74) is 4.07. The summed E-state index contributed by atoms with van der Waals surface area (Å²) in [5.74, 6) is -0.922. The number of aliphatic hydroxyl groups is 5. The number of methoxy groups -OCH3 is 1. The minimum Gasteiger partial charge on any atom is -0.396 e. The lowest BCUT2D eigenvalue weighted by Crippen LogP contribution is -2.65. The Balaban J connectivity index is 1.48. The minimum absolute atomic E-state index is 0.0451. The molecule has 10 unspecified atom stereocenters. The van der Waals surface area contributed by atoms with Crippen LogP contribution < -0.4 is 10.6 Å². The number of aldehydes is 1. The number of hydrogen-bond acceptors (Lipinski definition) is 10. The quantitative estimate of drug-likeness (QED) is 0.0362. The molecule has 10 nitrogen and oxygen atoms in total. The molecule has 10 atom stereocenters. The molecule has 4 bridgehead atoms. The molecule has 2 fully saturated rings. The van der Waals surface area contributed by atoms with Gasteiger partial charge in [0.2, 0.25) is 0 Å². The molecule has 7 N–H and O–H groups in total. The van der Waals surface area contributed by atoms with Gasteiger partial charge in [-0.05, 0) is 138 Å². The van der Waals surface area contributed by atoms with Crippen LogP contribution in [0.4, 0.5) is 0 Å². The first kappa shape index (κ1) is 47.0. The van der Waals surface area contributed by atoms with Crippen LogP contribution in [0.15, 0.2) is 95.2 Å². The lowest BCUT2D eigenvalue weighted by atomic mass is 9.45. The molecular formula is C49H72N2O8. The average Bonchev–Trinajstić information content (AvgIpc) is 3.56. The summed E-state index contributed by atoms with van der Waals surface area (Å²) in [5, 5.41) is 63.5. The number of benzene rings is 1. The third-order valence-corrected chi connectivity index (χ3v) is 14.1. The number of ether oxygens (including phenoxy) is 2. The van der Waals surface area contributed by atoms with Crippen molar-refractivity contribution in [1.29, 1.82) is 0 Å². The Kier molecular flexibility index (Phi) is 16.9. The van der Waals surface area contributed by atoms with E-state index in [1.165, 1.54) is 11.1 Å². The van der Waals surface area contributed by atoms with E-state index < -0.39 is 23.3 Å². The van der Waals surface area contributed by atoms with Crippen molar-refractivity contribution in [2.24, 2.45) is 35.0 Å². The van der Waals surface area contributed by atoms with Crippen LogP contribution in [-0.4, -0.2) is 109 Å². The summed E-state index contributed by atoms with van der Waals surface area (Å²) in [7, 11) is 3.56. The Morgan fingerprint density at radius 3 is 2.61 bits per heavy atom. The highest BCUT2D eigenvalue weighted by molar-refractivity contribution is 5.74. The van der Waals surface area contributed by atoms with E-state index >= 15 is 0 Å². The van der Waals surface area contributed by atoms with E-state index in [0.29, 0.717) is 57.2 Å². The minimum atomic E-state index is -1.24. The predicted octanol–water partition coefficient (Wildman–Crippen LogP) is 5.31. The molecule has 4 aliphatic rings. The fourth-order valence-corrected chi connectivity index (χ4v) is 11.0. The molecule has 3 aliphatic carbocycles. The molecule has 1 heterocycles. The second kappa shape index (κ2) is 21.2. The number of nitrogens with one attached hydrogen (secondary N) is 2. The van der Waals surface area contributed by atoms with Crippen molar-refractivity contribution in [3.8, 4) is 0 Å². The summed E-state index contributed by atoms with van der Waals surface area (Å²) in [4.78, 5) is 12.4. The van der Waals surface area contributed by atoms with E-state index in [1.54, 1.807) is 7.11 Å². The van der Waals surface area contributed by atoms with Gasteiger partial charge in [0.15, 0.2) is 0 Å². The van der Waals surface area contributed by atoms with Crippen molar-refractivity contribution in [3.63, 3.8) is 0 Å². The van der Waals surface area contributed by atoms with E-state index in [2.05, 4.69) is 66.6 Å². The highest BCUT2D eigenvalue weighted by atomic mass is 16.5. The van der Waals surface area contributed by atoms with Gasteiger partial charge in [-0.2, -0.15) is 0 Å². The lowest BCUT2D eigenvalue weighted by Gasteiger charge is -2.61. The molecule has 1 spiro atoms. The Labute approximate surface area is 352 Å². The van der Waals surface area contributed by atoms with Crippen LogP contribution >= 0.6 is 0 Å². The molecule has 326 valence electrons. The largest absolute Gasteiger partial charge is 0.396 e. The first-order valence-corrected chi connectivity index (χ1v) is 21.7. The van der Waals surface area contributed by atoms with Gasteiger partial charge >= 0.3 is 0 Å². The lowest BCUT2D eigenvalue weighted by molar-refractivity contribution is -0.194. The van der Waals surface area contributed by atoms with E-state index in [-0.39, 0.29) is 61.6 Å². The van der Waals surface area contributed by atoms with Crippen LogP contribution in [0.2, 0.25) is 0 Å². The van der Waals surface area contributed by atoms with Gasteiger partial charge in [-0.15, -0.1) is 0 Å². The van der Waals surface area contributed by atoms with E-state index in [0.717, 1.165) is 47.8 Å². The second-order valence-corrected chi connectivity index (χ2v) is 18.0. The maximum absolute atomic E-state index is 12.9. The smallest absolute Gasteiger partial charge is 0.145 e. The number of carbonyl (C=O) groups is 1. The monoisotopic (exact) mass is 817 g/mol. The van der Waals surface area contributed by atoms with Crippen molar-refractivity contribution in [3.05, 3.63) is 106 Å². The van der Waals surface area contributed by atoms with Gasteiger partial charge in [0.1, 0.15) is 12.5 Å². The molecule has 10 heteroatoms. The van der Waals surface area contributed by atoms with Crippen LogP contribution in [0.25, 0.3) is 0 Å². The van der Waals surface area contributed by atoms with Gasteiger partial charge < -0.3 is 40.3 Å². The zero-order valence-electron chi connectivity index (χ0n) is 36.2. The number of allylic oxidation sites excluding steroid dienone is 9. The first-order valence-electron chi connectivity index (χ1n) is 21.7. The van der Waals surface area contributed by atoms with E-state index in [1.807, 2.05) is 39.1 Å². The fourth-order valence-electron chi connectivity index (χ4n) is 11.0.